The molecule has 3 aliphatic heterocycles. The number of nitrogens with two attached hydrogens (primary N) is 1. The highest BCUT2D eigenvalue weighted by atomic mass is 35.5. The molecule has 6 rings (SSSR count). The molecule has 2 saturated heterocycles. The first-order valence-electron chi connectivity index (χ1n) is 16.8. The van der Waals surface area contributed by atoms with E-state index in [1.807, 2.05) is 0 Å². The van der Waals surface area contributed by atoms with E-state index < -0.39 is 88.1 Å². The van der Waals surface area contributed by atoms with Gasteiger partial charge in [0.2, 0.25) is 5.91 Å². The zero-order valence-electron chi connectivity index (χ0n) is 28.3. The molecule has 0 aromatic heterocycles. The number of hydrogen-bond donors (Lipinski definition) is 7. The van der Waals surface area contributed by atoms with Crippen LogP contribution in [0, 0.1) is 11.6 Å². The zero-order chi connectivity index (χ0) is 39.0. The zero-order valence-corrected chi connectivity index (χ0v) is 29.1. The summed E-state index contributed by atoms with van der Waals surface area (Å²) in [5.74, 6) is -9.66. The minimum absolute atomic E-state index is 0.107. The molecule has 0 saturated carbocycles. The molecule has 54 heavy (non-hydrogen) atoms. The largest absolute Gasteiger partial charge is 0.547 e. The predicted octanol–water partition coefficient (Wildman–Crippen LogP) is 2.12. The third-order valence-electron chi connectivity index (χ3n) is 9.70. The SMILES string of the molecule is NCc1ccc(C(=O)N2CCC(N3CCN(C(=O)NC(C(=O)N[C@H]4Cc5ccc(F)c(C(=O)O)c5OB4O)c4cc(F)c(O)c(O)c4Cl)C3=O)CC2)cc1. The molecule has 1 unspecified atom stereocenters. The van der Waals surface area contributed by atoms with Gasteiger partial charge in [0, 0.05) is 49.9 Å². The first kappa shape index (κ1) is 38.1. The van der Waals surface area contributed by atoms with Crippen molar-refractivity contribution in [3.63, 3.8) is 0 Å². The maximum atomic E-state index is 14.7. The minimum Gasteiger partial charge on any atom is -0.534 e. The second-order valence-electron chi connectivity index (χ2n) is 12.9. The van der Waals surface area contributed by atoms with E-state index in [1.165, 1.54) is 11.0 Å². The minimum atomic E-state index is -1.95. The van der Waals surface area contributed by atoms with Crippen LogP contribution in [0.5, 0.6) is 17.2 Å². The highest BCUT2D eigenvalue weighted by molar-refractivity contribution is 6.47. The number of urea groups is 2. The van der Waals surface area contributed by atoms with Gasteiger partial charge >= 0.3 is 25.1 Å². The molecule has 0 spiro atoms. The van der Waals surface area contributed by atoms with Crippen molar-refractivity contribution in [1.82, 2.24) is 25.3 Å². The van der Waals surface area contributed by atoms with Crippen molar-refractivity contribution in [1.29, 1.82) is 0 Å². The number of aromatic hydroxyl groups is 2. The highest BCUT2D eigenvalue weighted by Crippen LogP contribution is 2.41. The van der Waals surface area contributed by atoms with E-state index in [1.54, 1.807) is 29.2 Å². The Kier molecular flexibility index (Phi) is 10.8. The van der Waals surface area contributed by atoms with Gasteiger partial charge in [-0.05, 0) is 54.7 Å². The number of carboxylic acids is 1. The maximum absolute atomic E-state index is 14.7. The number of fused-ring (bicyclic) bond motifs is 1. The molecule has 2 atom stereocenters. The van der Waals surface area contributed by atoms with E-state index in [4.69, 9.17) is 22.0 Å². The molecule has 3 aromatic carbocycles. The number of aromatic carboxylic acids is 1. The number of phenolic OH excluding ortho intramolecular Hbond substituents is 2. The number of carboxylic acid groups (broad SMARTS) is 1. The fourth-order valence-corrected chi connectivity index (χ4v) is 7.02. The number of nitrogens with zero attached hydrogens (tertiary/aromatic N) is 3. The molecule has 0 bridgehead atoms. The third-order valence-corrected chi connectivity index (χ3v) is 10.1. The first-order chi connectivity index (χ1) is 25.7. The van der Waals surface area contributed by atoms with Gasteiger partial charge in [0.1, 0.15) is 23.2 Å². The van der Waals surface area contributed by atoms with Crippen LogP contribution in [0.2, 0.25) is 5.02 Å². The normalized spacial score (nSPS) is 17.9. The van der Waals surface area contributed by atoms with Crippen LogP contribution in [0.1, 0.15) is 56.3 Å². The van der Waals surface area contributed by atoms with Crippen LogP contribution in [0.4, 0.5) is 18.4 Å². The summed E-state index contributed by atoms with van der Waals surface area (Å²) < 4.78 is 34.2. The number of carbonyl (C=O) groups excluding carboxylic acids is 4. The lowest BCUT2D eigenvalue weighted by Crippen LogP contribution is -2.56. The molecule has 2 fully saturated rings. The molecule has 8 N–H and O–H groups in total. The number of halogens is 3. The van der Waals surface area contributed by atoms with Gasteiger partial charge in [0.25, 0.3) is 5.91 Å². The van der Waals surface area contributed by atoms with Crippen molar-refractivity contribution in [3.05, 3.63) is 86.9 Å². The van der Waals surface area contributed by atoms with Crippen molar-refractivity contribution in [2.24, 2.45) is 5.73 Å². The molecule has 6 amide bonds. The Bertz CT molecular complexity index is 2020. The van der Waals surface area contributed by atoms with Crippen molar-refractivity contribution >= 4 is 48.6 Å². The van der Waals surface area contributed by atoms with E-state index in [-0.39, 0.29) is 37.0 Å². The van der Waals surface area contributed by atoms with Gasteiger partial charge < -0.3 is 51.2 Å². The number of phenols is 2. The fraction of sp³-hybridized carbons (Fsp3) is 0.324. The van der Waals surface area contributed by atoms with Gasteiger partial charge in [0.15, 0.2) is 17.3 Å². The van der Waals surface area contributed by atoms with Crippen molar-refractivity contribution < 1.29 is 57.8 Å². The van der Waals surface area contributed by atoms with Gasteiger partial charge in [-0.15, -0.1) is 0 Å². The number of hydrogen-bond acceptors (Lipinski definition) is 10. The Balaban J connectivity index is 1.16. The molecule has 3 aromatic rings. The molecular weight excluding hydrogens is 737 g/mol. The number of benzene rings is 3. The molecule has 3 aliphatic rings. The Morgan fingerprint density at radius 3 is 2.33 bits per heavy atom. The second kappa shape index (κ2) is 15.4. The number of nitrogens with one attached hydrogen (secondary N) is 2. The van der Waals surface area contributed by atoms with Gasteiger partial charge in [-0.3, -0.25) is 9.59 Å². The van der Waals surface area contributed by atoms with E-state index >= 15 is 0 Å². The van der Waals surface area contributed by atoms with Gasteiger partial charge in [-0.1, -0.05) is 29.8 Å². The fourth-order valence-electron chi connectivity index (χ4n) is 6.77. The van der Waals surface area contributed by atoms with E-state index in [0.717, 1.165) is 16.5 Å². The van der Waals surface area contributed by atoms with Crippen LogP contribution in [0.15, 0.2) is 42.5 Å². The Morgan fingerprint density at radius 1 is 1.00 bits per heavy atom. The molecule has 20 heteroatoms. The van der Waals surface area contributed by atoms with Gasteiger partial charge in [-0.2, -0.15) is 0 Å². The lowest BCUT2D eigenvalue weighted by Gasteiger charge is -2.36. The Hall–Kier alpha value is -5.66. The monoisotopic (exact) mass is 770 g/mol. The summed E-state index contributed by atoms with van der Waals surface area (Å²) in [6, 6.07) is 5.55. The molecule has 0 radical (unpaired) electrons. The average molecular weight is 771 g/mol. The lowest BCUT2D eigenvalue weighted by atomic mass is 9.72. The van der Waals surface area contributed by atoms with Crippen LogP contribution >= 0.6 is 11.6 Å². The van der Waals surface area contributed by atoms with Crippen molar-refractivity contribution in [2.75, 3.05) is 26.2 Å². The van der Waals surface area contributed by atoms with Crippen LogP contribution in [0.25, 0.3) is 0 Å². The number of carbonyl (C=O) groups is 5. The average Bonchev–Trinajstić information content (AvgIpc) is 3.55. The second-order valence-corrected chi connectivity index (χ2v) is 13.3. The number of rotatable bonds is 8. The smallest absolute Gasteiger partial charge is 0.534 e. The first-order valence-corrected chi connectivity index (χ1v) is 17.1. The lowest BCUT2D eigenvalue weighted by molar-refractivity contribution is -0.123. The Morgan fingerprint density at radius 2 is 1.69 bits per heavy atom. The van der Waals surface area contributed by atoms with Gasteiger partial charge in [0.05, 0.1) is 11.0 Å². The quantitative estimate of drug-likeness (QED) is 0.129. The topological polar surface area (TPSA) is 235 Å². The summed E-state index contributed by atoms with van der Waals surface area (Å²) >= 11 is 6.20. The summed E-state index contributed by atoms with van der Waals surface area (Å²) in [6.07, 6.45) is 0.572. The maximum Gasteiger partial charge on any atom is 0.547 e. The van der Waals surface area contributed by atoms with Crippen LogP contribution in [0.3, 0.4) is 0 Å². The predicted molar refractivity (Wildman–Crippen MR) is 186 cm³/mol. The number of piperidine rings is 1. The summed E-state index contributed by atoms with van der Waals surface area (Å²) in [4.78, 5) is 69.6. The third kappa shape index (κ3) is 7.29. The molecular formula is C34H34BClF2N6O10. The Labute approximate surface area is 311 Å². The summed E-state index contributed by atoms with van der Waals surface area (Å²) in [6.45, 7) is 1.06. The number of likely N-dealkylation sites (tertiary alicyclic amines) is 1. The van der Waals surface area contributed by atoms with Crippen LogP contribution in [-0.2, 0) is 17.8 Å². The standard InChI is InChI=1S/C34H34BClF2N6O10/c36-25-20(14-22(38)27(45)28(25)46)26(30(47)40-23-13-18-5-6-21(37)24(32(49)50)29(18)54-35(23)53)41-33(51)44-12-11-43(34(44)52)19-7-9-42(10-8-19)31(48)17-3-1-16(15-39)2-4-17/h1-6,14,19,23,26,45-46,53H,7-13,15,39H2,(H,40,47)(H,41,51)(H,49,50)/t23-,26?/m0/s1. The van der Waals surface area contributed by atoms with Crippen molar-refractivity contribution in [2.45, 2.75) is 43.8 Å². The molecule has 16 nitrogen and oxygen atoms in total. The van der Waals surface area contributed by atoms with Crippen LogP contribution < -0.4 is 21.0 Å². The van der Waals surface area contributed by atoms with E-state index in [0.29, 0.717) is 44.1 Å². The number of imide groups is 1. The van der Waals surface area contributed by atoms with E-state index in [2.05, 4.69) is 10.6 Å². The summed E-state index contributed by atoms with van der Waals surface area (Å²) in [5.41, 5.74) is 5.77. The highest BCUT2D eigenvalue weighted by Gasteiger charge is 2.43. The van der Waals surface area contributed by atoms with Crippen molar-refractivity contribution in [3.8, 4) is 17.2 Å². The number of amides is 6. The molecule has 3 heterocycles. The van der Waals surface area contributed by atoms with Gasteiger partial charge in [-0.25, -0.2) is 28.1 Å². The van der Waals surface area contributed by atoms with Crippen LogP contribution in [-0.4, -0.2) is 110 Å². The molecule has 284 valence electrons. The summed E-state index contributed by atoms with van der Waals surface area (Å²) in [5, 5.41) is 44.3. The van der Waals surface area contributed by atoms with E-state index in [9.17, 15) is 53.1 Å². The summed E-state index contributed by atoms with van der Waals surface area (Å²) in [7, 11) is -1.93. The molecule has 0 aliphatic carbocycles.